The van der Waals surface area contributed by atoms with Crippen molar-refractivity contribution in [1.29, 1.82) is 0 Å². The molecule has 0 spiro atoms. The van der Waals surface area contributed by atoms with Crippen LogP contribution in [-0.2, 0) is 4.79 Å². The number of carbonyl (C=O) groups excluding carboxylic acids is 2. The van der Waals surface area contributed by atoms with Gasteiger partial charge < -0.3 is 16.4 Å². The highest BCUT2D eigenvalue weighted by molar-refractivity contribution is 5.94. The highest BCUT2D eigenvalue weighted by atomic mass is 19.1. The van der Waals surface area contributed by atoms with Crippen LogP contribution in [0.3, 0.4) is 0 Å². The first-order chi connectivity index (χ1) is 9.40. The Kier molecular flexibility index (Phi) is 5.96. The van der Waals surface area contributed by atoms with E-state index in [1.54, 1.807) is 0 Å². The van der Waals surface area contributed by atoms with Crippen LogP contribution in [0.25, 0.3) is 0 Å². The molecule has 0 aliphatic heterocycles. The first-order valence-electron chi connectivity index (χ1n) is 6.50. The zero-order valence-corrected chi connectivity index (χ0v) is 11.7. The highest BCUT2D eigenvalue weighted by Gasteiger charge is 2.09. The number of amides is 2. The Morgan fingerprint density at radius 3 is 2.60 bits per heavy atom. The minimum absolute atomic E-state index is 0.00499. The molecule has 2 amide bonds. The van der Waals surface area contributed by atoms with Crippen LogP contribution in [0.15, 0.2) is 18.2 Å². The van der Waals surface area contributed by atoms with Crippen molar-refractivity contribution in [3.8, 4) is 0 Å². The molecule has 0 aromatic heterocycles. The van der Waals surface area contributed by atoms with Crippen LogP contribution in [0.4, 0.5) is 10.1 Å². The van der Waals surface area contributed by atoms with Crippen LogP contribution < -0.4 is 16.4 Å². The maximum Gasteiger partial charge on any atom is 0.251 e. The lowest BCUT2D eigenvalue weighted by Crippen LogP contribution is -2.32. The van der Waals surface area contributed by atoms with E-state index < -0.39 is 11.7 Å². The lowest BCUT2D eigenvalue weighted by atomic mass is 10.2. The number of halogens is 1. The van der Waals surface area contributed by atoms with Gasteiger partial charge in [-0.15, -0.1) is 0 Å². The number of nitrogens with one attached hydrogen (secondary N) is 2. The van der Waals surface area contributed by atoms with Crippen molar-refractivity contribution in [3.05, 3.63) is 29.6 Å². The normalized spacial score (nSPS) is 10.4. The number of benzene rings is 1. The fourth-order valence-electron chi connectivity index (χ4n) is 1.47. The summed E-state index contributed by atoms with van der Waals surface area (Å²) in [4.78, 5) is 23.1. The number of nitrogen functional groups attached to an aromatic ring is 1. The molecule has 20 heavy (non-hydrogen) atoms. The standard InChI is InChI=1S/C14H20FN3O2/c1-9(2)8-18-13(19)5-6-17-14(20)10-3-4-12(16)11(15)7-10/h3-4,7,9H,5-6,8,16H2,1-2H3,(H,17,20)(H,18,19). The highest BCUT2D eigenvalue weighted by Crippen LogP contribution is 2.11. The minimum Gasteiger partial charge on any atom is -0.396 e. The summed E-state index contributed by atoms with van der Waals surface area (Å²) in [5, 5.41) is 5.30. The molecule has 0 unspecified atom stereocenters. The lowest BCUT2D eigenvalue weighted by molar-refractivity contribution is -0.121. The Balaban J connectivity index is 2.36. The molecule has 1 aromatic carbocycles. The van der Waals surface area contributed by atoms with Gasteiger partial charge in [0.05, 0.1) is 5.69 Å². The van der Waals surface area contributed by atoms with Gasteiger partial charge in [-0.05, 0) is 24.1 Å². The van der Waals surface area contributed by atoms with Gasteiger partial charge in [-0.25, -0.2) is 4.39 Å². The third-order valence-electron chi connectivity index (χ3n) is 2.61. The van der Waals surface area contributed by atoms with E-state index in [-0.39, 0.29) is 30.1 Å². The van der Waals surface area contributed by atoms with Crippen molar-refractivity contribution >= 4 is 17.5 Å². The fourth-order valence-corrected chi connectivity index (χ4v) is 1.47. The van der Waals surface area contributed by atoms with Gasteiger partial charge in [0.1, 0.15) is 5.82 Å². The molecule has 0 heterocycles. The number of hydrogen-bond donors (Lipinski definition) is 3. The molecule has 0 atom stereocenters. The molecular weight excluding hydrogens is 261 g/mol. The molecule has 1 aromatic rings. The molecule has 0 fully saturated rings. The maximum atomic E-state index is 13.2. The van der Waals surface area contributed by atoms with E-state index in [0.717, 1.165) is 6.07 Å². The van der Waals surface area contributed by atoms with Gasteiger partial charge in [0.15, 0.2) is 0 Å². The van der Waals surface area contributed by atoms with Crippen LogP contribution in [-0.4, -0.2) is 24.9 Å². The van der Waals surface area contributed by atoms with Gasteiger partial charge in [-0.2, -0.15) is 0 Å². The molecule has 5 nitrogen and oxygen atoms in total. The molecule has 0 saturated heterocycles. The summed E-state index contributed by atoms with van der Waals surface area (Å²) in [6.07, 6.45) is 0.190. The third-order valence-corrected chi connectivity index (χ3v) is 2.61. The number of anilines is 1. The second-order valence-electron chi connectivity index (χ2n) is 4.94. The summed E-state index contributed by atoms with van der Waals surface area (Å²) in [6.45, 7) is 4.81. The van der Waals surface area contributed by atoms with E-state index >= 15 is 0 Å². The largest absolute Gasteiger partial charge is 0.396 e. The smallest absolute Gasteiger partial charge is 0.251 e. The molecule has 4 N–H and O–H groups in total. The summed E-state index contributed by atoms with van der Waals surface area (Å²) in [5.74, 6) is -0.804. The van der Waals surface area contributed by atoms with Gasteiger partial charge >= 0.3 is 0 Å². The zero-order chi connectivity index (χ0) is 15.1. The molecule has 0 bridgehead atoms. The Morgan fingerprint density at radius 1 is 1.30 bits per heavy atom. The van der Waals surface area contributed by atoms with E-state index in [0.29, 0.717) is 12.5 Å². The lowest BCUT2D eigenvalue weighted by Gasteiger charge is -2.08. The molecule has 0 aliphatic carbocycles. The minimum atomic E-state index is -0.632. The van der Waals surface area contributed by atoms with Crippen LogP contribution >= 0.6 is 0 Å². The number of carbonyl (C=O) groups is 2. The van der Waals surface area contributed by atoms with Gasteiger partial charge in [0.25, 0.3) is 5.91 Å². The predicted octanol–water partition coefficient (Wildman–Crippen LogP) is 1.30. The summed E-state index contributed by atoms with van der Waals surface area (Å²) in [5.41, 5.74) is 5.50. The van der Waals surface area contributed by atoms with E-state index in [1.807, 2.05) is 13.8 Å². The zero-order valence-electron chi connectivity index (χ0n) is 11.7. The van der Waals surface area contributed by atoms with E-state index in [1.165, 1.54) is 12.1 Å². The van der Waals surface area contributed by atoms with E-state index in [4.69, 9.17) is 5.73 Å². The molecule has 110 valence electrons. The quantitative estimate of drug-likeness (QED) is 0.687. The number of hydrogen-bond acceptors (Lipinski definition) is 3. The Hall–Kier alpha value is -2.11. The molecule has 6 heteroatoms. The third kappa shape index (κ3) is 5.26. The summed E-state index contributed by atoms with van der Waals surface area (Å²) in [7, 11) is 0. The topological polar surface area (TPSA) is 84.2 Å². The fraction of sp³-hybridized carbons (Fsp3) is 0.429. The number of nitrogens with two attached hydrogens (primary N) is 1. The second-order valence-corrected chi connectivity index (χ2v) is 4.94. The molecular formula is C14H20FN3O2. The molecule has 0 aliphatic rings. The van der Waals surface area contributed by atoms with Crippen molar-refractivity contribution in [3.63, 3.8) is 0 Å². The van der Waals surface area contributed by atoms with Crippen molar-refractivity contribution < 1.29 is 14.0 Å². The average Bonchev–Trinajstić information content (AvgIpc) is 2.39. The molecule has 0 saturated carbocycles. The Bertz CT molecular complexity index is 489. The SMILES string of the molecule is CC(C)CNC(=O)CCNC(=O)c1ccc(N)c(F)c1. The first-order valence-corrected chi connectivity index (χ1v) is 6.50. The predicted molar refractivity (Wildman–Crippen MR) is 75.6 cm³/mol. The van der Waals surface area contributed by atoms with Gasteiger partial charge in [-0.3, -0.25) is 9.59 Å². The van der Waals surface area contributed by atoms with Crippen molar-refractivity contribution in [2.45, 2.75) is 20.3 Å². The van der Waals surface area contributed by atoms with Crippen molar-refractivity contribution in [1.82, 2.24) is 10.6 Å². The Morgan fingerprint density at radius 2 is 2.00 bits per heavy atom. The van der Waals surface area contributed by atoms with Crippen LogP contribution in [0.1, 0.15) is 30.6 Å². The summed E-state index contributed by atoms with van der Waals surface area (Å²) in [6, 6.07) is 3.84. The summed E-state index contributed by atoms with van der Waals surface area (Å²) < 4.78 is 13.2. The van der Waals surface area contributed by atoms with Gasteiger partial charge in [0.2, 0.25) is 5.91 Å². The van der Waals surface area contributed by atoms with Gasteiger partial charge in [-0.1, -0.05) is 13.8 Å². The van der Waals surface area contributed by atoms with E-state index in [9.17, 15) is 14.0 Å². The Labute approximate surface area is 117 Å². The van der Waals surface area contributed by atoms with Crippen molar-refractivity contribution in [2.75, 3.05) is 18.8 Å². The summed E-state index contributed by atoms with van der Waals surface area (Å²) >= 11 is 0. The average molecular weight is 281 g/mol. The van der Waals surface area contributed by atoms with Crippen LogP contribution in [0.2, 0.25) is 0 Å². The first kappa shape index (κ1) is 15.9. The van der Waals surface area contributed by atoms with Gasteiger partial charge in [0, 0.05) is 25.1 Å². The van der Waals surface area contributed by atoms with Crippen LogP contribution in [0.5, 0.6) is 0 Å². The molecule has 1 rings (SSSR count). The van der Waals surface area contributed by atoms with Crippen LogP contribution in [0, 0.1) is 11.7 Å². The van der Waals surface area contributed by atoms with Crippen molar-refractivity contribution in [2.24, 2.45) is 5.92 Å². The van der Waals surface area contributed by atoms with E-state index in [2.05, 4.69) is 10.6 Å². The monoisotopic (exact) mass is 281 g/mol. The second kappa shape index (κ2) is 7.47. The maximum absolute atomic E-state index is 13.2. The molecule has 0 radical (unpaired) electrons. The number of rotatable bonds is 6.